The van der Waals surface area contributed by atoms with Crippen LogP contribution in [0.25, 0.3) is 0 Å². The van der Waals surface area contributed by atoms with Crippen molar-refractivity contribution in [2.75, 3.05) is 19.6 Å². The molecular weight excluding hydrogens is 232 g/mol. The molecule has 0 aliphatic carbocycles. The van der Waals surface area contributed by atoms with Crippen molar-refractivity contribution in [3.05, 3.63) is 0 Å². The normalized spacial score (nSPS) is 29.5. The summed E-state index contributed by atoms with van der Waals surface area (Å²) in [4.78, 5) is 27.5. The molecule has 0 saturated carbocycles. The molecule has 2 fully saturated rings. The van der Waals surface area contributed by atoms with Crippen LogP contribution in [0.2, 0.25) is 0 Å². The number of carboxylic acids is 1. The minimum atomic E-state index is -0.857. The Bertz CT molecular complexity index is 332. The highest BCUT2D eigenvalue weighted by molar-refractivity contribution is 5.87. The van der Waals surface area contributed by atoms with Crippen LogP contribution in [0.1, 0.15) is 39.0 Å². The maximum Gasteiger partial charge on any atom is 0.326 e. The molecule has 102 valence electrons. The third-order valence-electron chi connectivity index (χ3n) is 4.13. The van der Waals surface area contributed by atoms with Crippen LogP contribution in [0.15, 0.2) is 0 Å². The van der Waals surface area contributed by atoms with Crippen LogP contribution in [0.3, 0.4) is 0 Å². The first kappa shape index (κ1) is 13.3. The number of nitrogens with zero attached hydrogens (tertiary/aromatic N) is 2. The summed E-state index contributed by atoms with van der Waals surface area (Å²) in [6.45, 7) is 4.47. The fourth-order valence-corrected chi connectivity index (χ4v) is 3.13. The Kier molecular flexibility index (Phi) is 4.22. The van der Waals surface area contributed by atoms with Gasteiger partial charge in [-0.2, -0.15) is 0 Å². The molecule has 2 rings (SSSR count). The molecule has 0 aromatic rings. The molecule has 0 bridgehead atoms. The number of rotatable bonds is 3. The SMILES string of the molecule is CCN1CCC[C@H]1C(=O)N1CCCCC1C(=O)O. The van der Waals surface area contributed by atoms with Crippen molar-refractivity contribution in [1.29, 1.82) is 0 Å². The Morgan fingerprint density at radius 1 is 1.11 bits per heavy atom. The quantitative estimate of drug-likeness (QED) is 0.814. The van der Waals surface area contributed by atoms with Crippen LogP contribution >= 0.6 is 0 Å². The fraction of sp³-hybridized carbons (Fsp3) is 0.846. The molecular formula is C13H22N2O3. The summed E-state index contributed by atoms with van der Waals surface area (Å²) < 4.78 is 0. The minimum absolute atomic E-state index is 0.0291. The van der Waals surface area contributed by atoms with Gasteiger partial charge in [0, 0.05) is 6.54 Å². The van der Waals surface area contributed by atoms with Gasteiger partial charge in [-0.05, 0) is 45.2 Å². The van der Waals surface area contributed by atoms with Gasteiger partial charge in [-0.1, -0.05) is 6.92 Å². The lowest BCUT2D eigenvalue weighted by Gasteiger charge is -2.36. The highest BCUT2D eigenvalue weighted by Crippen LogP contribution is 2.24. The largest absolute Gasteiger partial charge is 0.480 e. The predicted octanol–water partition coefficient (Wildman–Crippen LogP) is 0.936. The van der Waals surface area contributed by atoms with Crippen molar-refractivity contribution >= 4 is 11.9 Å². The molecule has 2 heterocycles. The number of aliphatic carboxylic acids is 1. The van der Waals surface area contributed by atoms with Gasteiger partial charge < -0.3 is 10.0 Å². The number of hydrogen-bond donors (Lipinski definition) is 1. The summed E-state index contributed by atoms with van der Waals surface area (Å²) in [5.41, 5.74) is 0. The summed E-state index contributed by atoms with van der Waals surface area (Å²) in [5, 5.41) is 9.22. The number of hydrogen-bond acceptors (Lipinski definition) is 3. The number of carbonyl (C=O) groups is 2. The zero-order valence-electron chi connectivity index (χ0n) is 11.0. The molecule has 0 radical (unpaired) electrons. The van der Waals surface area contributed by atoms with E-state index in [0.29, 0.717) is 13.0 Å². The average Bonchev–Trinajstić information content (AvgIpc) is 2.86. The van der Waals surface area contributed by atoms with E-state index in [1.165, 1.54) is 0 Å². The summed E-state index contributed by atoms with van der Waals surface area (Å²) in [6.07, 6.45) is 4.34. The van der Waals surface area contributed by atoms with Crippen molar-refractivity contribution in [2.45, 2.75) is 51.1 Å². The van der Waals surface area contributed by atoms with Crippen molar-refractivity contribution in [3.63, 3.8) is 0 Å². The second kappa shape index (κ2) is 5.69. The van der Waals surface area contributed by atoms with Crippen molar-refractivity contribution < 1.29 is 14.7 Å². The van der Waals surface area contributed by atoms with Gasteiger partial charge >= 0.3 is 5.97 Å². The van der Waals surface area contributed by atoms with Crippen LogP contribution in [-0.4, -0.2) is 58.5 Å². The molecule has 5 heteroatoms. The molecule has 2 saturated heterocycles. The van der Waals surface area contributed by atoms with Gasteiger partial charge in [0.1, 0.15) is 6.04 Å². The number of likely N-dealkylation sites (N-methyl/N-ethyl adjacent to an activating group) is 1. The third kappa shape index (κ3) is 2.51. The maximum atomic E-state index is 12.5. The summed E-state index contributed by atoms with van der Waals surface area (Å²) in [6, 6.07) is -0.694. The lowest BCUT2D eigenvalue weighted by Crippen LogP contribution is -2.54. The Labute approximate surface area is 108 Å². The van der Waals surface area contributed by atoms with E-state index in [9.17, 15) is 14.7 Å². The van der Waals surface area contributed by atoms with Gasteiger partial charge in [0.2, 0.25) is 5.91 Å². The van der Waals surface area contributed by atoms with E-state index >= 15 is 0 Å². The van der Waals surface area contributed by atoms with Crippen molar-refractivity contribution in [2.24, 2.45) is 0 Å². The van der Waals surface area contributed by atoms with Gasteiger partial charge in [0.15, 0.2) is 0 Å². The van der Waals surface area contributed by atoms with Gasteiger partial charge in [0.25, 0.3) is 0 Å². The Hall–Kier alpha value is -1.10. The summed E-state index contributed by atoms with van der Waals surface area (Å²) in [5.74, 6) is -0.828. The van der Waals surface area contributed by atoms with E-state index in [4.69, 9.17) is 0 Å². The van der Waals surface area contributed by atoms with Gasteiger partial charge in [-0.3, -0.25) is 9.69 Å². The van der Waals surface area contributed by atoms with Crippen molar-refractivity contribution in [1.82, 2.24) is 9.80 Å². The molecule has 5 nitrogen and oxygen atoms in total. The molecule has 0 spiro atoms. The topological polar surface area (TPSA) is 60.9 Å². The molecule has 2 aliphatic rings. The molecule has 2 aliphatic heterocycles. The fourth-order valence-electron chi connectivity index (χ4n) is 3.13. The van der Waals surface area contributed by atoms with E-state index in [0.717, 1.165) is 38.8 Å². The first-order chi connectivity index (χ1) is 8.65. The maximum absolute atomic E-state index is 12.5. The monoisotopic (exact) mass is 254 g/mol. The highest BCUT2D eigenvalue weighted by atomic mass is 16.4. The van der Waals surface area contributed by atoms with Crippen LogP contribution in [-0.2, 0) is 9.59 Å². The van der Waals surface area contributed by atoms with E-state index in [1.807, 2.05) is 0 Å². The number of piperidine rings is 1. The van der Waals surface area contributed by atoms with Gasteiger partial charge in [-0.15, -0.1) is 0 Å². The zero-order valence-corrected chi connectivity index (χ0v) is 11.0. The lowest BCUT2D eigenvalue weighted by molar-refractivity contribution is -0.154. The number of carbonyl (C=O) groups excluding carboxylic acids is 1. The Morgan fingerprint density at radius 2 is 1.83 bits per heavy atom. The summed E-state index contributed by atoms with van der Waals surface area (Å²) in [7, 11) is 0. The molecule has 1 amide bonds. The van der Waals surface area contributed by atoms with Crippen LogP contribution in [0, 0.1) is 0 Å². The van der Waals surface area contributed by atoms with Gasteiger partial charge in [0.05, 0.1) is 6.04 Å². The lowest BCUT2D eigenvalue weighted by atomic mass is 10.0. The first-order valence-corrected chi connectivity index (χ1v) is 6.92. The second-order valence-electron chi connectivity index (χ2n) is 5.17. The zero-order chi connectivity index (χ0) is 13.1. The third-order valence-corrected chi connectivity index (χ3v) is 4.13. The van der Waals surface area contributed by atoms with E-state index in [-0.39, 0.29) is 11.9 Å². The second-order valence-corrected chi connectivity index (χ2v) is 5.17. The molecule has 18 heavy (non-hydrogen) atoms. The van der Waals surface area contributed by atoms with Crippen LogP contribution in [0.5, 0.6) is 0 Å². The smallest absolute Gasteiger partial charge is 0.326 e. The summed E-state index contributed by atoms with van der Waals surface area (Å²) >= 11 is 0. The molecule has 1 N–H and O–H groups in total. The van der Waals surface area contributed by atoms with Crippen LogP contribution in [0.4, 0.5) is 0 Å². The number of amides is 1. The Balaban J connectivity index is 2.08. The number of carboxylic acid groups (broad SMARTS) is 1. The molecule has 2 atom stereocenters. The first-order valence-electron chi connectivity index (χ1n) is 6.92. The van der Waals surface area contributed by atoms with E-state index < -0.39 is 12.0 Å². The standard InChI is InChI=1S/C13H22N2O3/c1-2-14-8-5-7-10(14)12(16)15-9-4-3-6-11(15)13(17)18/h10-11H,2-9H2,1H3,(H,17,18)/t10-,11?/m0/s1. The van der Waals surface area contributed by atoms with Crippen LogP contribution < -0.4 is 0 Å². The minimum Gasteiger partial charge on any atom is -0.480 e. The van der Waals surface area contributed by atoms with E-state index in [2.05, 4.69) is 11.8 Å². The number of likely N-dealkylation sites (tertiary alicyclic amines) is 2. The molecule has 1 unspecified atom stereocenters. The average molecular weight is 254 g/mol. The highest BCUT2D eigenvalue weighted by Gasteiger charge is 2.38. The predicted molar refractivity (Wildman–Crippen MR) is 67.3 cm³/mol. The van der Waals surface area contributed by atoms with Gasteiger partial charge in [-0.25, -0.2) is 4.79 Å². The Morgan fingerprint density at radius 3 is 2.50 bits per heavy atom. The van der Waals surface area contributed by atoms with E-state index in [1.54, 1.807) is 4.90 Å². The molecule has 0 aromatic heterocycles. The molecule has 0 aromatic carbocycles. The van der Waals surface area contributed by atoms with Crippen molar-refractivity contribution in [3.8, 4) is 0 Å².